The van der Waals surface area contributed by atoms with Gasteiger partial charge in [0.2, 0.25) is 0 Å². The molecule has 1 aromatic heterocycles. The van der Waals surface area contributed by atoms with E-state index in [9.17, 15) is 4.79 Å². The average Bonchev–Trinajstić information content (AvgIpc) is 3.14. The van der Waals surface area contributed by atoms with Gasteiger partial charge in [-0.2, -0.15) is 0 Å². The zero-order chi connectivity index (χ0) is 18.2. The number of hydrogen-bond acceptors (Lipinski definition) is 5. The molecule has 2 aliphatic heterocycles. The summed E-state index contributed by atoms with van der Waals surface area (Å²) in [6.45, 7) is 1.13. The highest BCUT2D eigenvalue weighted by Gasteiger charge is 2.37. The van der Waals surface area contributed by atoms with E-state index in [1.165, 1.54) is 25.7 Å². The van der Waals surface area contributed by atoms with Crippen molar-refractivity contribution in [2.75, 3.05) is 6.54 Å². The van der Waals surface area contributed by atoms with Crippen molar-refractivity contribution < 1.29 is 9.53 Å². The molecule has 5 rings (SSSR count). The van der Waals surface area contributed by atoms with Crippen LogP contribution < -0.4 is 20.9 Å². The first-order valence-electron chi connectivity index (χ1n) is 9.79. The SMILES string of the molecule is O=C(NCC1NNC2CCCCC21)c1ccc2c(c1)OCc1cnccc1-2. The van der Waals surface area contributed by atoms with E-state index < -0.39 is 0 Å². The maximum atomic E-state index is 12.7. The minimum Gasteiger partial charge on any atom is -0.488 e. The molecule has 2 aromatic rings. The first-order chi connectivity index (χ1) is 13.3. The van der Waals surface area contributed by atoms with Gasteiger partial charge in [0.05, 0.1) is 0 Å². The Morgan fingerprint density at radius 3 is 3.07 bits per heavy atom. The fraction of sp³-hybridized carbons (Fsp3) is 0.429. The fourth-order valence-electron chi connectivity index (χ4n) is 4.61. The van der Waals surface area contributed by atoms with E-state index in [0.29, 0.717) is 36.7 Å². The quantitative estimate of drug-likeness (QED) is 0.780. The largest absolute Gasteiger partial charge is 0.488 e. The molecule has 6 nitrogen and oxygen atoms in total. The lowest BCUT2D eigenvalue weighted by Gasteiger charge is -2.27. The molecule has 3 aliphatic rings. The Morgan fingerprint density at radius 1 is 1.19 bits per heavy atom. The topological polar surface area (TPSA) is 75.3 Å². The summed E-state index contributed by atoms with van der Waals surface area (Å²) in [6, 6.07) is 8.53. The second-order valence-corrected chi connectivity index (χ2v) is 7.69. The van der Waals surface area contributed by atoms with Gasteiger partial charge in [-0.25, -0.2) is 0 Å². The number of rotatable bonds is 3. The van der Waals surface area contributed by atoms with Gasteiger partial charge >= 0.3 is 0 Å². The maximum absolute atomic E-state index is 12.7. The number of amides is 1. The van der Waals surface area contributed by atoms with Gasteiger partial charge in [0.15, 0.2) is 0 Å². The fourth-order valence-corrected chi connectivity index (χ4v) is 4.61. The standard InChI is InChI=1S/C21H24N4O2/c26-21(23-11-19-17-3-1-2-4-18(17)24-25-19)13-5-6-16-15-7-8-22-10-14(15)12-27-20(16)9-13/h5-10,17-19,24-25H,1-4,11-12H2,(H,23,26). The van der Waals surface area contributed by atoms with Crippen LogP contribution in [0.3, 0.4) is 0 Å². The molecule has 3 heterocycles. The number of hydrazine groups is 1. The molecule has 140 valence electrons. The molecular weight excluding hydrogens is 340 g/mol. The van der Waals surface area contributed by atoms with Crippen LogP contribution >= 0.6 is 0 Å². The lowest BCUT2D eigenvalue weighted by molar-refractivity contribution is 0.0946. The van der Waals surface area contributed by atoms with E-state index in [4.69, 9.17) is 4.74 Å². The van der Waals surface area contributed by atoms with Crippen LogP contribution in [0.1, 0.15) is 41.6 Å². The monoisotopic (exact) mass is 364 g/mol. The van der Waals surface area contributed by atoms with Gasteiger partial charge in [0.1, 0.15) is 12.4 Å². The van der Waals surface area contributed by atoms with Crippen molar-refractivity contribution in [3.63, 3.8) is 0 Å². The Labute approximate surface area is 158 Å². The highest BCUT2D eigenvalue weighted by atomic mass is 16.5. The van der Waals surface area contributed by atoms with Crippen LogP contribution in [0.25, 0.3) is 11.1 Å². The van der Waals surface area contributed by atoms with Crippen molar-refractivity contribution in [3.05, 3.63) is 47.8 Å². The van der Waals surface area contributed by atoms with E-state index in [1.54, 1.807) is 6.20 Å². The third-order valence-corrected chi connectivity index (χ3v) is 6.09. The molecule has 3 atom stereocenters. The van der Waals surface area contributed by atoms with Gasteiger partial charge in [-0.05, 0) is 48.6 Å². The van der Waals surface area contributed by atoms with E-state index >= 15 is 0 Å². The Kier molecular flexibility index (Phi) is 4.30. The summed E-state index contributed by atoms with van der Waals surface area (Å²) >= 11 is 0. The number of hydrogen-bond donors (Lipinski definition) is 3. The van der Waals surface area contributed by atoms with Gasteiger partial charge in [-0.3, -0.25) is 20.6 Å². The average molecular weight is 364 g/mol. The second kappa shape index (κ2) is 6.94. The van der Waals surface area contributed by atoms with Crippen molar-refractivity contribution in [1.29, 1.82) is 0 Å². The van der Waals surface area contributed by atoms with Crippen molar-refractivity contribution in [3.8, 4) is 16.9 Å². The van der Waals surface area contributed by atoms with E-state index in [1.807, 2.05) is 30.5 Å². The molecule has 1 aliphatic carbocycles. The minimum atomic E-state index is -0.0528. The number of carbonyl (C=O) groups excluding carboxylic acids is 1. The molecule has 3 N–H and O–H groups in total. The van der Waals surface area contributed by atoms with E-state index in [-0.39, 0.29) is 5.91 Å². The van der Waals surface area contributed by atoms with Crippen LogP contribution in [0, 0.1) is 5.92 Å². The van der Waals surface area contributed by atoms with Crippen molar-refractivity contribution in [2.24, 2.45) is 5.92 Å². The van der Waals surface area contributed by atoms with Gasteiger partial charge < -0.3 is 10.1 Å². The molecule has 1 saturated heterocycles. The number of carbonyl (C=O) groups is 1. The van der Waals surface area contributed by atoms with Crippen LogP contribution in [0.2, 0.25) is 0 Å². The Hall–Kier alpha value is -2.44. The molecule has 2 fully saturated rings. The molecule has 0 spiro atoms. The smallest absolute Gasteiger partial charge is 0.251 e. The Morgan fingerprint density at radius 2 is 2.11 bits per heavy atom. The molecule has 27 heavy (non-hydrogen) atoms. The van der Waals surface area contributed by atoms with Crippen LogP contribution in [-0.4, -0.2) is 29.5 Å². The number of fused-ring (bicyclic) bond motifs is 4. The summed E-state index contributed by atoms with van der Waals surface area (Å²) < 4.78 is 5.85. The third-order valence-electron chi connectivity index (χ3n) is 6.09. The first-order valence-corrected chi connectivity index (χ1v) is 9.79. The van der Waals surface area contributed by atoms with Crippen molar-refractivity contribution in [1.82, 2.24) is 21.2 Å². The lowest BCUT2D eigenvalue weighted by atomic mass is 9.82. The van der Waals surface area contributed by atoms with Gasteiger partial charge in [-0.15, -0.1) is 0 Å². The van der Waals surface area contributed by atoms with Crippen molar-refractivity contribution in [2.45, 2.75) is 44.4 Å². The highest BCUT2D eigenvalue weighted by molar-refractivity contribution is 5.95. The summed E-state index contributed by atoms with van der Waals surface area (Å²) in [6.07, 6.45) is 8.65. The van der Waals surface area contributed by atoms with Gasteiger partial charge in [0.25, 0.3) is 5.91 Å². The Bertz CT molecular complexity index is 869. The zero-order valence-corrected chi connectivity index (χ0v) is 15.2. The number of benzene rings is 1. The summed E-state index contributed by atoms with van der Waals surface area (Å²) in [5.74, 6) is 1.31. The normalized spacial score (nSPS) is 25.7. The van der Waals surface area contributed by atoms with Crippen LogP contribution in [-0.2, 0) is 6.61 Å². The zero-order valence-electron chi connectivity index (χ0n) is 15.2. The molecule has 1 amide bonds. The number of nitrogens with one attached hydrogen (secondary N) is 3. The molecule has 6 heteroatoms. The number of ether oxygens (including phenoxy) is 1. The van der Waals surface area contributed by atoms with Crippen LogP contribution in [0.15, 0.2) is 36.7 Å². The lowest BCUT2D eigenvalue weighted by Crippen LogP contribution is -2.42. The van der Waals surface area contributed by atoms with Crippen LogP contribution in [0.5, 0.6) is 5.75 Å². The second-order valence-electron chi connectivity index (χ2n) is 7.69. The first kappa shape index (κ1) is 16.7. The summed E-state index contributed by atoms with van der Waals surface area (Å²) in [5, 5.41) is 3.09. The summed E-state index contributed by atoms with van der Waals surface area (Å²) in [7, 11) is 0. The summed E-state index contributed by atoms with van der Waals surface area (Å²) in [5.41, 5.74) is 10.6. The molecule has 3 unspecified atom stereocenters. The van der Waals surface area contributed by atoms with Crippen molar-refractivity contribution >= 4 is 5.91 Å². The highest BCUT2D eigenvalue weighted by Crippen LogP contribution is 2.37. The predicted molar refractivity (Wildman–Crippen MR) is 102 cm³/mol. The Balaban J connectivity index is 1.28. The number of nitrogens with zero attached hydrogens (tertiary/aromatic N) is 1. The van der Waals surface area contributed by atoms with Crippen LogP contribution in [0.4, 0.5) is 0 Å². The molecule has 1 aromatic carbocycles. The molecule has 0 bridgehead atoms. The third kappa shape index (κ3) is 3.09. The summed E-state index contributed by atoms with van der Waals surface area (Å²) in [4.78, 5) is 16.8. The van der Waals surface area contributed by atoms with E-state index in [2.05, 4.69) is 21.2 Å². The van der Waals surface area contributed by atoms with Gasteiger partial charge in [-0.1, -0.05) is 12.8 Å². The number of pyridine rings is 1. The minimum absolute atomic E-state index is 0.0528. The number of aromatic nitrogens is 1. The molecule has 1 saturated carbocycles. The van der Waals surface area contributed by atoms with Gasteiger partial charge in [0, 0.05) is 47.7 Å². The predicted octanol–water partition coefficient (Wildman–Crippen LogP) is 2.41. The maximum Gasteiger partial charge on any atom is 0.251 e. The molecular formula is C21H24N4O2. The molecule has 0 radical (unpaired) electrons. The van der Waals surface area contributed by atoms with E-state index in [0.717, 1.165) is 22.4 Å².